The third-order valence-electron chi connectivity index (χ3n) is 7.08. The summed E-state index contributed by atoms with van der Waals surface area (Å²) in [4.78, 5) is 15.6. The van der Waals surface area contributed by atoms with E-state index in [9.17, 15) is 4.79 Å². The summed E-state index contributed by atoms with van der Waals surface area (Å²) in [6, 6.07) is 4.33. The Labute approximate surface area is 173 Å². The SMILES string of the molecule is COC1[C@@H]2CC[C@H]1CN(Cc1ccc3n(c1=O)C[C@@H]1CNC[C@H]3C1)C2.Cl.Cl. The van der Waals surface area contributed by atoms with Crippen LogP contribution in [0.4, 0.5) is 0 Å². The molecule has 4 bridgehead atoms. The fraction of sp³-hybridized carbons (Fsp3) is 0.750. The summed E-state index contributed by atoms with van der Waals surface area (Å²) in [5.41, 5.74) is 2.48. The highest BCUT2D eigenvalue weighted by molar-refractivity contribution is 5.85. The van der Waals surface area contributed by atoms with Crippen LogP contribution in [-0.2, 0) is 17.8 Å². The van der Waals surface area contributed by atoms with Crippen LogP contribution in [-0.4, -0.2) is 48.9 Å². The van der Waals surface area contributed by atoms with E-state index in [0.717, 1.165) is 44.8 Å². The highest BCUT2D eigenvalue weighted by atomic mass is 35.5. The zero-order valence-electron chi connectivity index (χ0n) is 15.9. The molecule has 4 aliphatic rings. The Morgan fingerprint density at radius 2 is 1.85 bits per heavy atom. The van der Waals surface area contributed by atoms with Crippen molar-refractivity contribution in [3.05, 3.63) is 33.7 Å². The predicted molar refractivity (Wildman–Crippen MR) is 111 cm³/mol. The van der Waals surface area contributed by atoms with Crippen LogP contribution in [0.15, 0.2) is 16.9 Å². The van der Waals surface area contributed by atoms with Crippen LogP contribution in [0.3, 0.4) is 0 Å². The van der Waals surface area contributed by atoms with Crippen LogP contribution in [0.1, 0.15) is 36.4 Å². The second-order valence-electron chi connectivity index (χ2n) is 8.65. The van der Waals surface area contributed by atoms with Crippen molar-refractivity contribution in [2.45, 2.75) is 44.4 Å². The molecule has 7 heteroatoms. The molecular formula is C20H31Cl2N3O2. The number of likely N-dealkylation sites (tertiary alicyclic amines) is 1. The lowest BCUT2D eigenvalue weighted by Gasteiger charge is -2.39. The van der Waals surface area contributed by atoms with E-state index in [1.165, 1.54) is 25.0 Å². The van der Waals surface area contributed by atoms with Crippen LogP contribution in [0.5, 0.6) is 0 Å². The summed E-state index contributed by atoms with van der Waals surface area (Å²) in [5, 5.41) is 3.52. The fourth-order valence-electron chi connectivity index (χ4n) is 5.98. The van der Waals surface area contributed by atoms with Gasteiger partial charge in [0.15, 0.2) is 0 Å². The molecule has 3 aliphatic heterocycles. The van der Waals surface area contributed by atoms with Crippen LogP contribution in [0.25, 0.3) is 0 Å². The molecule has 1 aliphatic carbocycles. The van der Waals surface area contributed by atoms with E-state index in [1.807, 2.05) is 7.11 Å². The molecule has 1 N–H and O–H groups in total. The number of nitrogens with zero attached hydrogens (tertiary/aromatic N) is 2. The maximum atomic E-state index is 13.1. The number of aromatic nitrogens is 1. The fourth-order valence-corrected chi connectivity index (χ4v) is 5.98. The van der Waals surface area contributed by atoms with Crippen molar-refractivity contribution in [1.82, 2.24) is 14.8 Å². The number of methoxy groups -OCH3 is 1. The Morgan fingerprint density at radius 3 is 2.56 bits per heavy atom. The lowest BCUT2D eigenvalue weighted by atomic mass is 9.84. The van der Waals surface area contributed by atoms with Crippen molar-refractivity contribution in [2.75, 3.05) is 33.3 Å². The van der Waals surface area contributed by atoms with Gasteiger partial charge < -0.3 is 14.6 Å². The maximum Gasteiger partial charge on any atom is 0.255 e. The smallest absolute Gasteiger partial charge is 0.255 e. The number of hydrogen-bond acceptors (Lipinski definition) is 4. The summed E-state index contributed by atoms with van der Waals surface area (Å²) in [6.07, 6.45) is 4.23. The Morgan fingerprint density at radius 1 is 1.11 bits per heavy atom. The maximum absolute atomic E-state index is 13.1. The topological polar surface area (TPSA) is 46.5 Å². The minimum absolute atomic E-state index is 0. The van der Waals surface area contributed by atoms with Crippen molar-refractivity contribution in [3.63, 3.8) is 0 Å². The van der Waals surface area contributed by atoms with Crippen molar-refractivity contribution >= 4 is 24.8 Å². The summed E-state index contributed by atoms with van der Waals surface area (Å²) < 4.78 is 7.81. The summed E-state index contributed by atoms with van der Waals surface area (Å²) in [5.74, 6) is 2.43. The molecule has 1 unspecified atom stereocenters. The Balaban J connectivity index is 0.00000105. The monoisotopic (exact) mass is 415 g/mol. The van der Waals surface area contributed by atoms with Gasteiger partial charge in [0.2, 0.25) is 0 Å². The van der Waals surface area contributed by atoms with Gasteiger partial charge in [0.05, 0.1) is 6.10 Å². The van der Waals surface area contributed by atoms with Gasteiger partial charge >= 0.3 is 0 Å². The largest absolute Gasteiger partial charge is 0.381 e. The van der Waals surface area contributed by atoms with Gasteiger partial charge in [-0.05, 0) is 49.6 Å². The van der Waals surface area contributed by atoms with Gasteiger partial charge in [-0.25, -0.2) is 0 Å². The molecule has 0 radical (unpaired) electrons. The van der Waals surface area contributed by atoms with E-state index < -0.39 is 0 Å². The second kappa shape index (κ2) is 8.42. The first-order valence-corrected chi connectivity index (χ1v) is 9.91. The van der Waals surface area contributed by atoms with Crippen LogP contribution in [0, 0.1) is 17.8 Å². The van der Waals surface area contributed by atoms with Crippen molar-refractivity contribution < 1.29 is 4.74 Å². The normalized spacial score (nSPS) is 34.3. The zero-order chi connectivity index (χ0) is 17.0. The predicted octanol–water partition coefficient (Wildman–Crippen LogP) is 2.26. The number of ether oxygens (including phenoxy) is 1. The average molecular weight is 416 g/mol. The number of pyridine rings is 1. The van der Waals surface area contributed by atoms with Crippen LogP contribution >= 0.6 is 24.8 Å². The number of rotatable bonds is 3. The molecule has 0 aromatic carbocycles. The van der Waals surface area contributed by atoms with Crippen molar-refractivity contribution in [1.29, 1.82) is 0 Å². The molecule has 5 nitrogen and oxygen atoms in total. The van der Waals surface area contributed by atoms with E-state index in [4.69, 9.17) is 4.74 Å². The number of nitrogens with one attached hydrogen (secondary N) is 1. The van der Waals surface area contributed by atoms with Crippen molar-refractivity contribution in [3.8, 4) is 0 Å². The lowest BCUT2D eigenvalue weighted by Crippen LogP contribution is -2.47. The minimum atomic E-state index is 0. The average Bonchev–Trinajstić information content (AvgIpc) is 2.87. The first-order chi connectivity index (χ1) is 12.2. The van der Waals surface area contributed by atoms with Gasteiger partial charge in [0.1, 0.15) is 0 Å². The first kappa shape index (κ1) is 21.1. The molecule has 4 heterocycles. The van der Waals surface area contributed by atoms with Crippen molar-refractivity contribution in [2.24, 2.45) is 17.8 Å². The number of fused-ring (bicyclic) bond motifs is 6. The second-order valence-corrected chi connectivity index (χ2v) is 8.65. The van der Waals surface area contributed by atoms with Crippen LogP contribution < -0.4 is 10.9 Å². The summed E-state index contributed by atoms with van der Waals surface area (Å²) >= 11 is 0. The number of hydrogen-bond donors (Lipinski definition) is 1. The van der Waals surface area contributed by atoms with Gasteiger partial charge in [-0.2, -0.15) is 0 Å². The molecule has 1 saturated carbocycles. The molecule has 5 atom stereocenters. The quantitative estimate of drug-likeness (QED) is 0.821. The highest BCUT2D eigenvalue weighted by Crippen LogP contribution is 2.39. The molecule has 1 aromatic heterocycles. The standard InChI is InChI=1S/C20H29N3O2.2ClH/c1-25-19-14-2-3-15(19)11-22(10-14)12-16-4-5-18-17-6-13(7-21-8-17)9-23(18)20(16)24;;/h4-5,13-15,17,19,21H,2-3,6-12H2,1H3;2*1H/t13-,14-,15+,17+,19?;;/m0../s1. The van der Waals surface area contributed by atoms with Crippen LogP contribution in [0.2, 0.25) is 0 Å². The third kappa shape index (κ3) is 3.69. The Kier molecular flexibility index (Phi) is 6.59. The van der Waals surface area contributed by atoms with Gasteiger partial charge in [-0.15, -0.1) is 24.8 Å². The molecule has 5 rings (SSSR count). The Hall–Kier alpha value is -0.590. The van der Waals surface area contributed by atoms with E-state index in [-0.39, 0.29) is 30.4 Å². The van der Waals surface area contributed by atoms with Gasteiger partial charge in [-0.1, -0.05) is 6.07 Å². The summed E-state index contributed by atoms with van der Waals surface area (Å²) in [7, 11) is 1.85. The Bertz CT molecular complexity index is 712. The van der Waals surface area contributed by atoms with E-state index in [2.05, 4.69) is 26.9 Å². The zero-order valence-corrected chi connectivity index (χ0v) is 17.6. The molecular weight excluding hydrogens is 385 g/mol. The first-order valence-electron chi connectivity index (χ1n) is 9.91. The third-order valence-corrected chi connectivity index (χ3v) is 7.08. The molecule has 27 heavy (non-hydrogen) atoms. The summed E-state index contributed by atoms with van der Waals surface area (Å²) in [6.45, 7) is 5.92. The highest BCUT2D eigenvalue weighted by Gasteiger charge is 2.42. The number of halogens is 2. The van der Waals surface area contributed by atoms with Gasteiger partial charge in [0, 0.05) is 57.0 Å². The number of piperidine rings is 2. The van der Waals surface area contributed by atoms with Gasteiger partial charge in [-0.3, -0.25) is 9.69 Å². The minimum Gasteiger partial charge on any atom is -0.381 e. The van der Waals surface area contributed by atoms with Gasteiger partial charge in [0.25, 0.3) is 5.56 Å². The molecule has 2 saturated heterocycles. The lowest BCUT2D eigenvalue weighted by molar-refractivity contribution is -0.0181. The molecule has 0 spiro atoms. The molecule has 1 aromatic rings. The van der Waals surface area contributed by atoms with E-state index in [1.54, 1.807) is 0 Å². The molecule has 152 valence electrons. The van der Waals surface area contributed by atoms with E-state index >= 15 is 0 Å². The molecule has 0 amide bonds. The van der Waals surface area contributed by atoms with E-state index in [0.29, 0.717) is 29.8 Å². The molecule has 3 fully saturated rings.